The summed E-state index contributed by atoms with van der Waals surface area (Å²) in [5.41, 5.74) is 0.865. The summed E-state index contributed by atoms with van der Waals surface area (Å²) in [6.07, 6.45) is 0. The number of ether oxygens (including phenoxy) is 2. The summed E-state index contributed by atoms with van der Waals surface area (Å²) in [7, 11) is 3.09. The molecule has 7 heteroatoms. The van der Waals surface area contributed by atoms with Crippen LogP contribution in [0.15, 0.2) is 50.5 Å². The predicted molar refractivity (Wildman–Crippen MR) is 86.8 cm³/mol. The highest BCUT2D eigenvalue weighted by Crippen LogP contribution is 2.32. The van der Waals surface area contributed by atoms with E-state index in [-0.39, 0.29) is 0 Å². The number of hydrogen-bond acceptors (Lipinski definition) is 4. The van der Waals surface area contributed by atoms with Gasteiger partial charge in [0.15, 0.2) is 0 Å². The summed E-state index contributed by atoms with van der Waals surface area (Å²) in [6.45, 7) is 0. The van der Waals surface area contributed by atoms with Gasteiger partial charge in [0.1, 0.15) is 17.2 Å². The van der Waals surface area contributed by atoms with Crippen molar-refractivity contribution in [1.82, 2.24) is 0 Å². The van der Waals surface area contributed by atoms with Crippen LogP contribution in [0.25, 0.3) is 0 Å². The Morgan fingerprint density at radius 3 is 2.14 bits per heavy atom. The second kappa shape index (κ2) is 6.91. The Labute approximate surface area is 139 Å². The second-order valence-electron chi connectivity index (χ2n) is 4.01. The molecule has 2 rings (SSSR count). The van der Waals surface area contributed by atoms with Crippen molar-refractivity contribution in [3.8, 4) is 11.5 Å². The number of azo groups is 1. The van der Waals surface area contributed by atoms with Crippen LogP contribution >= 0.6 is 31.9 Å². The topological polar surface area (TPSA) is 56.9 Å². The van der Waals surface area contributed by atoms with Gasteiger partial charge in [0, 0.05) is 17.2 Å². The van der Waals surface area contributed by atoms with Crippen LogP contribution in [-0.2, 0) is 0 Å². The van der Waals surface area contributed by atoms with Gasteiger partial charge in [-0.1, -0.05) is 0 Å². The smallest absolute Gasteiger partial charge is 0.248 e. The molecule has 0 radical (unpaired) electrons. The zero-order valence-corrected chi connectivity index (χ0v) is 14.5. The number of rotatable bonds is 4. The molecule has 0 aliphatic rings. The molecule has 0 amide bonds. The van der Waals surface area contributed by atoms with E-state index in [4.69, 9.17) is 9.47 Å². The molecule has 0 aliphatic heterocycles. The molecule has 0 aliphatic carbocycles. The van der Waals surface area contributed by atoms with Gasteiger partial charge in [-0.2, -0.15) is 0 Å². The van der Waals surface area contributed by atoms with E-state index in [2.05, 4.69) is 37.0 Å². The standard InChI is InChI=1S/C14H12Br2N2O3/c1-20-13-7-9(3-5-11(13)15)17-18(19)10-4-6-12(16)14(8-10)21-2/h3-8H,1-2H3. The van der Waals surface area contributed by atoms with Crippen LogP contribution in [0.5, 0.6) is 11.5 Å². The van der Waals surface area contributed by atoms with Crippen molar-refractivity contribution in [3.63, 3.8) is 0 Å². The molecule has 0 fully saturated rings. The predicted octanol–water partition coefficient (Wildman–Crippen LogP) is 5.15. The van der Waals surface area contributed by atoms with E-state index in [1.54, 1.807) is 43.5 Å². The Balaban J connectivity index is 2.36. The number of nitrogens with zero attached hydrogens (tertiary/aromatic N) is 2. The van der Waals surface area contributed by atoms with E-state index in [1.807, 2.05) is 0 Å². The summed E-state index contributed by atoms with van der Waals surface area (Å²) < 4.78 is 11.9. The van der Waals surface area contributed by atoms with Crippen molar-refractivity contribution in [1.29, 1.82) is 0 Å². The minimum Gasteiger partial charge on any atom is -0.594 e. The average Bonchev–Trinajstić information content (AvgIpc) is 2.49. The third-order valence-corrected chi connectivity index (χ3v) is 4.01. The van der Waals surface area contributed by atoms with Crippen LogP contribution in [-0.4, -0.2) is 19.1 Å². The van der Waals surface area contributed by atoms with Gasteiger partial charge in [-0.25, -0.2) is 0 Å². The number of halogens is 2. The van der Waals surface area contributed by atoms with Gasteiger partial charge in [-0.3, -0.25) is 0 Å². The van der Waals surface area contributed by atoms with E-state index in [1.165, 1.54) is 7.11 Å². The van der Waals surface area contributed by atoms with E-state index in [9.17, 15) is 5.21 Å². The van der Waals surface area contributed by atoms with Crippen LogP contribution in [0.2, 0.25) is 0 Å². The van der Waals surface area contributed by atoms with Crippen LogP contribution < -0.4 is 9.47 Å². The largest absolute Gasteiger partial charge is 0.594 e. The lowest BCUT2D eigenvalue weighted by Gasteiger charge is -2.05. The molecule has 0 saturated heterocycles. The Morgan fingerprint density at radius 2 is 1.52 bits per heavy atom. The summed E-state index contributed by atoms with van der Waals surface area (Å²) in [5.74, 6) is 1.18. The van der Waals surface area contributed by atoms with E-state index < -0.39 is 0 Å². The maximum atomic E-state index is 12.1. The molecule has 0 atom stereocenters. The lowest BCUT2D eigenvalue weighted by Crippen LogP contribution is -1.93. The highest BCUT2D eigenvalue weighted by atomic mass is 79.9. The Hall–Kier alpha value is -1.60. The SMILES string of the molecule is COc1cc(N=[N+]([O-])c2ccc(Br)c(OC)c2)ccc1Br. The van der Waals surface area contributed by atoms with Gasteiger partial charge in [-0.05, 0) is 54.9 Å². The highest BCUT2D eigenvalue weighted by molar-refractivity contribution is 9.10. The van der Waals surface area contributed by atoms with Crippen molar-refractivity contribution >= 4 is 43.2 Å². The molecule has 0 unspecified atom stereocenters. The average molecular weight is 416 g/mol. The maximum absolute atomic E-state index is 12.1. The molecular formula is C14H12Br2N2O3. The molecule has 110 valence electrons. The summed E-state index contributed by atoms with van der Waals surface area (Å²) in [5, 5.41) is 16.1. The van der Waals surface area contributed by atoms with Crippen LogP contribution in [0.4, 0.5) is 11.4 Å². The zero-order chi connectivity index (χ0) is 15.4. The van der Waals surface area contributed by atoms with E-state index in [0.717, 1.165) is 8.95 Å². The lowest BCUT2D eigenvalue weighted by molar-refractivity contribution is -0.435. The van der Waals surface area contributed by atoms with E-state index in [0.29, 0.717) is 27.7 Å². The highest BCUT2D eigenvalue weighted by Gasteiger charge is 2.10. The van der Waals surface area contributed by atoms with Crippen molar-refractivity contribution in [2.75, 3.05) is 14.2 Å². The third kappa shape index (κ3) is 3.74. The Bertz CT molecular complexity index is 690. The molecule has 0 spiro atoms. The minimum atomic E-state index is 0.372. The quantitative estimate of drug-likeness (QED) is 0.394. The van der Waals surface area contributed by atoms with Gasteiger partial charge in [0.25, 0.3) is 0 Å². The van der Waals surface area contributed by atoms with Gasteiger partial charge in [0.05, 0.1) is 29.2 Å². The molecule has 21 heavy (non-hydrogen) atoms. The summed E-state index contributed by atoms with van der Waals surface area (Å²) >= 11 is 6.68. The fourth-order valence-electron chi connectivity index (χ4n) is 1.64. The molecule has 0 N–H and O–H groups in total. The summed E-state index contributed by atoms with van der Waals surface area (Å²) in [6, 6.07) is 10.2. The fourth-order valence-corrected chi connectivity index (χ4v) is 2.46. The minimum absolute atomic E-state index is 0.372. The molecule has 2 aromatic rings. The first kappa shape index (κ1) is 15.8. The van der Waals surface area contributed by atoms with E-state index >= 15 is 0 Å². The summed E-state index contributed by atoms with van der Waals surface area (Å²) in [4.78, 5) is 0.539. The molecule has 0 heterocycles. The molecule has 0 aromatic heterocycles. The molecule has 5 nitrogen and oxygen atoms in total. The van der Waals surface area contributed by atoms with Gasteiger partial charge in [0.2, 0.25) is 5.69 Å². The molecule has 0 bridgehead atoms. The number of benzene rings is 2. The Morgan fingerprint density at radius 1 is 0.952 bits per heavy atom. The molecular weight excluding hydrogens is 404 g/mol. The first-order valence-electron chi connectivity index (χ1n) is 5.91. The maximum Gasteiger partial charge on any atom is 0.248 e. The third-order valence-electron chi connectivity index (χ3n) is 2.70. The first-order valence-corrected chi connectivity index (χ1v) is 7.49. The normalized spacial score (nSPS) is 11.3. The van der Waals surface area contributed by atoms with Crippen molar-refractivity contribution in [2.45, 2.75) is 0 Å². The zero-order valence-electron chi connectivity index (χ0n) is 11.3. The number of hydrogen-bond donors (Lipinski definition) is 0. The molecule has 2 aromatic carbocycles. The number of methoxy groups -OCH3 is 2. The Kier molecular flexibility index (Phi) is 5.19. The lowest BCUT2D eigenvalue weighted by atomic mass is 10.3. The van der Waals surface area contributed by atoms with Crippen molar-refractivity contribution in [3.05, 3.63) is 50.6 Å². The van der Waals surface area contributed by atoms with Crippen molar-refractivity contribution < 1.29 is 14.3 Å². The van der Waals surface area contributed by atoms with Crippen molar-refractivity contribution in [2.24, 2.45) is 5.11 Å². The fraction of sp³-hybridized carbons (Fsp3) is 0.143. The van der Waals surface area contributed by atoms with Gasteiger partial charge < -0.3 is 14.7 Å². The van der Waals surface area contributed by atoms with Crippen LogP contribution in [0.3, 0.4) is 0 Å². The van der Waals surface area contributed by atoms with Gasteiger partial charge >= 0.3 is 0 Å². The van der Waals surface area contributed by atoms with Crippen LogP contribution in [0, 0.1) is 5.21 Å². The second-order valence-corrected chi connectivity index (χ2v) is 5.72. The monoisotopic (exact) mass is 414 g/mol. The van der Waals surface area contributed by atoms with Crippen LogP contribution in [0.1, 0.15) is 0 Å². The first-order chi connectivity index (χ1) is 10.0. The van der Waals surface area contributed by atoms with Gasteiger partial charge in [-0.15, -0.1) is 0 Å². The molecule has 0 saturated carbocycles.